The molecule has 10 heteroatoms. The van der Waals surface area contributed by atoms with Gasteiger partial charge in [-0.2, -0.15) is 0 Å². The molecule has 40 heavy (non-hydrogen) atoms. The smallest absolute Gasteiger partial charge is 0.410 e. The molecule has 1 fully saturated rings. The summed E-state index contributed by atoms with van der Waals surface area (Å²) in [5, 5.41) is 0.886. The number of alkyl halides is 1. The van der Waals surface area contributed by atoms with Gasteiger partial charge in [-0.15, -0.1) is 0 Å². The first-order valence-electron chi connectivity index (χ1n) is 13.4. The highest BCUT2D eigenvalue weighted by atomic mass is 19.1. The molecule has 4 heterocycles. The zero-order valence-electron chi connectivity index (χ0n) is 23.4. The molecule has 4 aromatic rings. The minimum Gasteiger partial charge on any atom is -0.491 e. The van der Waals surface area contributed by atoms with E-state index in [1.54, 1.807) is 24.3 Å². The van der Waals surface area contributed by atoms with E-state index in [2.05, 4.69) is 4.98 Å². The van der Waals surface area contributed by atoms with E-state index >= 15 is 4.39 Å². The Morgan fingerprint density at radius 2 is 1.88 bits per heavy atom. The average Bonchev–Trinajstić information content (AvgIpc) is 3.34. The molecule has 0 unspecified atom stereocenters. The Hall–Kier alpha value is -3.92. The lowest BCUT2D eigenvalue weighted by atomic mass is 9.94. The topological polar surface area (TPSA) is 87.4 Å². The summed E-state index contributed by atoms with van der Waals surface area (Å²) < 4.78 is 39.8. The van der Waals surface area contributed by atoms with Crippen molar-refractivity contribution in [3.05, 3.63) is 54.9 Å². The maximum atomic E-state index is 15.7. The number of rotatable bonds is 8. The van der Waals surface area contributed by atoms with Gasteiger partial charge in [-0.25, -0.2) is 19.2 Å². The number of fused-ring (bicyclic) bond motifs is 2. The van der Waals surface area contributed by atoms with Crippen molar-refractivity contribution >= 4 is 22.6 Å². The summed E-state index contributed by atoms with van der Waals surface area (Å²) in [7, 11) is 1.63. The molecule has 0 bridgehead atoms. The average molecular weight is 551 g/mol. The Bertz CT molecular complexity index is 1490. The molecule has 1 aromatic carbocycles. The molecule has 0 atom stereocenters. The molecule has 0 aliphatic carbocycles. The number of piperidine rings is 1. The highest BCUT2D eigenvalue weighted by Gasteiger charge is 2.38. The van der Waals surface area contributed by atoms with Crippen LogP contribution in [0.3, 0.4) is 0 Å². The number of benzene rings is 1. The Balaban J connectivity index is 1.30. The number of nitrogens with zero attached hydrogens (tertiary/aromatic N) is 4. The lowest BCUT2D eigenvalue weighted by Gasteiger charge is -2.36. The molecule has 9 nitrogen and oxygen atoms in total. The number of pyridine rings is 2. The van der Waals surface area contributed by atoms with E-state index < -0.39 is 17.4 Å². The zero-order valence-corrected chi connectivity index (χ0v) is 23.4. The Kier molecular flexibility index (Phi) is 7.80. The van der Waals surface area contributed by atoms with Crippen LogP contribution in [-0.4, -0.2) is 76.7 Å². The maximum absolute atomic E-state index is 15.7. The molecule has 1 saturated heterocycles. The van der Waals surface area contributed by atoms with Crippen molar-refractivity contribution < 1.29 is 28.1 Å². The van der Waals surface area contributed by atoms with Crippen LogP contribution in [0.5, 0.6) is 11.5 Å². The summed E-state index contributed by atoms with van der Waals surface area (Å²) >= 11 is 0. The zero-order chi connectivity index (χ0) is 28.3. The third-order valence-corrected chi connectivity index (χ3v) is 6.78. The predicted octanol–water partition coefficient (Wildman–Crippen LogP) is 5.69. The molecule has 212 valence electrons. The number of ether oxygens (including phenoxy) is 4. The first kappa shape index (κ1) is 27.6. The van der Waals surface area contributed by atoms with Crippen LogP contribution < -0.4 is 9.47 Å². The number of amides is 1. The Morgan fingerprint density at radius 3 is 2.62 bits per heavy atom. The second-order valence-electron chi connectivity index (χ2n) is 11.0. The van der Waals surface area contributed by atoms with Gasteiger partial charge < -0.3 is 23.8 Å². The molecule has 1 aliphatic rings. The van der Waals surface area contributed by atoms with Gasteiger partial charge in [0, 0.05) is 50.7 Å². The number of carbonyl (C=O) groups excluding carboxylic acids is 1. The number of methoxy groups -OCH3 is 1. The van der Waals surface area contributed by atoms with Gasteiger partial charge >= 0.3 is 6.09 Å². The van der Waals surface area contributed by atoms with Crippen molar-refractivity contribution in [1.29, 1.82) is 0 Å². The molecule has 1 amide bonds. The van der Waals surface area contributed by atoms with E-state index in [-0.39, 0.29) is 32.5 Å². The molecule has 0 saturated carbocycles. The van der Waals surface area contributed by atoms with Crippen LogP contribution in [0.2, 0.25) is 0 Å². The molecule has 0 radical (unpaired) electrons. The third kappa shape index (κ3) is 6.28. The fourth-order valence-electron chi connectivity index (χ4n) is 4.63. The van der Waals surface area contributed by atoms with Crippen LogP contribution >= 0.6 is 0 Å². The van der Waals surface area contributed by atoms with E-state index in [0.29, 0.717) is 35.9 Å². The number of hydrogen-bond donors (Lipinski definition) is 0. The predicted molar refractivity (Wildman–Crippen MR) is 150 cm³/mol. The molecular formula is C30H35FN4O5. The highest BCUT2D eigenvalue weighted by molar-refractivity contribution is 5.86. The Labute approximate surface area is 232 Å². The first-order valence-corrected chi connectivity index (χ1v) is 13.4. The van der Waals surface area contributed by atoms with Crippen molar-refractivity contribution in [3.63, 3.8) is 0 Å². The third-order valence-electron chi connectivity index (χ3n) is 6.78. The van der Waals surface area contributed by atoms with Gasteiger partial charge in [0.05, 0.1) is 24.2 Å². The number of carbonyl (C=O) groups is 1. The van der Waals surface area contributed by atoms with Crippen molar-refractivity contribution in [2.24, 2.45) is 0 Å². The summed E-state index contributed by atoms with van der Waals surface area (Å²) in [5.74, 6) is 1.22. The van der Waals surface area contributed by atoms with Crippen LogP contribution in [-0.2, 0) is 9.47 Å². The Morgan fingerprint density at radius 1 is 1.07 bits per heavy atom. The molecule has 0 spiro atoms. The van der Waals surface area contributed by atoms with Gasteiger partial charge in [-0.05, 0) is 39.0 Å². The van der Waals surface area contributed by atoms with Crippen LogP contribution in [0, 0.1) is 0 Å². The molecule has 0 N–H and O–H groups in total. The van der Waals surface area contributed by atoms with Crippen molar-refractivity contribution in [3.8, 4) is 22.9 Å². The fourth-order valence-corrected chi connectivity index (χ4v) is 4.63. The van der Waals surface area contributed by atoms with Crippen molar-refractivity contribution in [1.82, 2.24) is 19.3 Å². The van der Waals surface area contributed by atoms with Gasteiger partial charge in [0.15, 0.2) is 0 Å². The normalized spacial score (nSPS) is 15.4. The van der Waals surface area contributed by atoms with E-state index in [1.165, 1.54) is 0 Å². The standard InChI is InChI=1S/C30H35FN4O5/c1-29(2,3)40-28(36)34-14-11-30(31,12-15-34)20-39-25-7-5-6-21-8-9-23(33-27(21)25)24-19-32-26-18-22(10-13-35(24)26)38-17-16-37-4/h5-10,13,18-19H,11-12,14-17,20H2,1-4H3. The van der Waals surface area contributed by atoms with Gasteiger partial charge in [-0.1, -0.05) is 18.2 Å². The molecule has 3 aromatic heterocycles. The first-order chi connectivity index (χ1) is 19.1. The summed E-state index contributed by atoms with van der Waals surface area (Å²) in [6, 6.07) is 13.3. The second kappa shape index (κ2) is 11.3. The maximum Gasteiger partial charge on any atom is 0.410 e. The highest BCUT2D eigenvalue weighted by Crippen LogP contribution is 2.32. The SMILES string of the molecule is COCCOc1ccn2c(-c3ccc4cccc(OCC5(F)CCN(C(=O)OC(C)(C)C)CC5)c4n3)cnc2c1. The number of hydrogen-bond acceptors (Lipinski definition) is 7. The summed E-state index contributed by atoms with van der Waals surface area (Å²) in [6.07, 6.45) is 3.60. The van der Waals surface area contributed by atoms with Gasteiger partial charge in [-0.3, -0.25) is 4.40 Å². The minimum atomic E-state index is -1.55. The van der Waals surface area contributed by atoms with Crippen LogP contribution in [0.15, 0.2) is 54.9 Å². The summed E-state index contributed by atoms with van der Waals surface area (Å²) in [6.45, 7) is 6.84. The van der Waals surface area contributed by atoms with Crippen LogP contribution in [0.1, 0.15) is 33.6 Å². The van der Waals surface area contributed by atoms with E-state index in [1.807, 2.05) is 67.8 Å². The van der Waals surface area contributed by atoms with Crippen LogP contribution in [0.4, 0.5) is 9.18 Å². The minimum absolute atomic E-state index is 0.123. The second-order valence-corrected chi connectivity index (χ2v) is 11.0. The number of imidazole rings is 1. The van der Waals surface area contributed by atoms with E-state index in [0.717, 1.165) is 16.7 Å². The number of halogens is 1. The van der Waals surface area contributed by atoms with E-state index in [9.17, 15) is 4.79 Å². The lowest BCUT2D eigenvalue weighted by Crippen LogP contribution is -2.48. The quantitative estimate of drug-likeness (QED) is 0.260. The molecular weight excluding hydrogens is 515 g/mol. The van der Waals surface area contributed by atoms with E-state index in [4.69, 9.17) is 23.9 Å². The largest absolute Gasteiger partial charge is 0.491 e. The number of para-hydroxylation sites is 1. The molecule has 5 rings (SSSR count). The number of aromatic nitrogens is 3. The van der Waals surface area contributed by atoms with Gasteiger partial charge in [0.1, 0.15) is 47.1 Å². The summed E-state index contributed by atoms with van der Waals surface area (Å²) in [4.78, 5) is 23.3. The van der Waals surface area contributed by atoms with Gasteiger partial charge in [0.25, 0.3) is 0 Å². The number of likely N-dealkylation sites (tertiary alicyclic amines) is 1. The van der Waals surface area contributed by atoms with Crippen LogP contribution in [0.25, 0.3) is 27.9 Å². The van der Waals surface area contributed by atoms with Gasteiger partial charge in [0.2, 0.25) is 0 Å². The summed E-state index contributed by atoms with van der Waals surface area (Å²) in [5.41, 5.74) is 0.757. The van der Waals surface area contributed by atoms with Crippen molar-refractivity contribution in [2.75, 3.05) is 40.0 Å². The fraction of sp³-hybridized carbons (Fsp3) is 0.433. The molecule has 1 aliphatic heterocycles. The lowest BCUT2D eigenvalue weighted by molar-refractivity contribution is -0.00898. The van der Waals surface area contributed by atoms with Crippen molar-refractivity contribution in [2.45, 2.75) is 44.9 Å². The monoisotopic (exact) mass is 550 g/mol.